The molecule has 0 saturated heterocycles. The summed E-state index contributed by atoms with van der Waals surface area (Å²) in [6.07, 6.45) is -0.972. The summed E-state index contributed by atoms with van der Waals surface area (Å²) in [5, 5.41) is 11.8. The van der Waals surface area contributed by atoms with Crippen molar-refractivity contribution < 1.29 is 14.3 Å². The first-order valence-corrected chi connectivity index (χ1v) is 7.20. The van der Waals surface area contributed by atoms with Gasteiger partial charge in [0.1, 0.15) is 5.54 Å². The zero-order valence-electron chi connectivity index (χ0n) is 13.6. The molecular weight excluding hydrogens is 280 g/mol. The van der Waals surface area contributed by atoms with Gasteiger partial charge in [-0.2, -0.15) is 5.26 Å². The topological polar surface area (TPSA) is 79.2 Å². The molecule has 0 radical (unpaired) electrons. The van der Waals surface area contributed by atoms with Gasteiger partial charge in [0, 0.05) is 0 Å². The Bertz CT molecular complexity index is 587. The Morgan fingerprint density at radius 1 is 1.23 bits per heavy atom. The maximum atomic E-state index is 12.1. The molecule has 0 fully saturated rings. The third kappa shape index (κ3) is 4.32. The van der Waals surface area contributed by atoms with Gasteiger partial charge in [-0.15, -0.1) is 0 Å². The molecule has 118 valence electrons. The Morgan fingerprint density at radius 3 is 2.23 bits per heavy atom. The maximum Gasteiger partial charge on any atom is 0.338 e. The Morgan fingerprint density at radius 2 is 1.77 bits per heavy atom. The molecule has 5 nitrogen and oxygen atoms in total. The molecule has 0 spiro atoms. The van der Waals surface area contributed by atoms with Gasteiger partial charge in [-0.1, -0.05) is 31.5 Å². The lowest BCUT2D eigenvalue weighted by molar-refractivity contribution is -0.130. The van der Waals surface area contributed by atoms with E-state index in [1.54, 1.807) is 31.2 Å². The van der Waals surface area contributed by atoms with Crippen LogP contribution in [0.3, 0.4) is 0 Å². The number of nitrogens with zero attached hydrogens (tertiary/aromatic N) is 1. The molecule has 2 unspecified atom stereocenters. The predicted molar refractivity (Wildman–Crippen MR) is 83.1 cm³/mol. The van der Waals surface area contributed by atoms with E-state index in [0.717, 1.165) is 5.56 Å². The number of nitriles is 1. The number of rotatable bonds is 5. The van der Waals surface area contributed by atoms with Crippen LogP contribution in [-0.4, -0.2) is 23.5 Å². The fourth-order valence-corrected chi connectivity index (χ4v) is 1.63. The lowest BCUT2D eigenvalue weighted by Crippen LogP contribution is -2.52. The SMILES string of the molecule is Cc1ccc(C(=O)OC(C)C(=O)NC(C)(C#N)C(C)C)cc1. The molecule has 1 amide bonds. The highest BCUT2D eigenvalue weighted by molar-refractivity contribution is 5.92. The molecule has 1 aromatic carbocycles. The molecule has 2 atom stereocenters. The number of aryl methyl sites for hydroxylation is 1. The summed E-state index contributed by atoms with van der Waals surface area (Å²) in [5.74, 6) is -1.12. The molecule has 5 heteroatoms. The molecule has 22 heavy (non-hydrogen) atoms. The van der Waals surface area contributed by atoms with Crippen LogP contribution in [0, 0.1) is 24.2 Å². The van der Waals surface area contributed by atoms with E-state index in [1.807, 2.05) is 20.8 Å². The third-order valence-corrected chi connectivity index (χ3v) is 3.71. The summed E-state index contributed by atoms with van der Waals surface area (Å²) in [4.78, 5) is 24.1. The van der Waals surface area contributed by atoms with E-state index in [9.17, 15) is 14.9 Å². The van der Waals surface area contributed by atoms with E-state index in [4.69, 9.17) is 4.74 Å². The van der Waals surface area contributed by atoms with Gasteiger partial charge in [0.15, 0.2) is 6.10 Å². The minimum atomic E-state index is -0.998. The van der Waals surface area contributed by atoms with Crippen molar-refractivity contribution in [1.29, 1.82) is 5.26 Å². The summed E-state index contributed by atoms with van der Waals surface area (Å²) in [6, 6.07) is 8.98. The number of nitrogens with one attached hydrogen (secondary N) is 1. The fraction of sp³-hybridized carbons (Fsp3) is 0.471. The zero-order valence-corrected chi connectivity index (χ0v) is 13.6. The van der Waals surface area contributed by atoms with Gasteiger partial charge in [0.2, 0.25) is 0 Å². The van der Waals surface area contributed by atoms with Crippen LogP contribution in [0.25, 0.3) is 0 Å². The highest BCUT2D eigenvalue weighted by atomic mass is 16.5. The molecule has 0 aliphatic carbocycles. The molecule has 0 heterocycles. The van der Waals surface area contributed by atoms with E-state index in [1.165, 1.54) is 6.92 Å². The Kier molecular flexibility index (Phi) is 5.69. The second-order valence-corrected chi connectivity index (χ2v) is 5.87. The van der Waals surface area contributed by atoms with E-state index in [-0.39, 0.29) is 5.92 Å². The standard InChI is InChI=1S/C17H22N2O3/c1-11(2)17(5,10-18)19-15(20)13(4)22-16(21)14-8-6-12(3)7-9-14/h6-9,11,13H,1-5H3,(H,19,20). The van der Waals surface area contributed by atoms with Gasteiger partial charge in [-0.3, -0.25) is 4.79 Å². The first-order valence-electron chi connectivity index (χ1n) is 7.20. The minimum Gasteiger partial charge on any atom is -0.449 e. The number of amides is 1. The summed E-state index contributed by atoms with van der Waals surface area (Å²) >= 11 is 0. The highest BCUT2D eigenvalue weighted by Gasteiger charge is 2.32. The number of ether oxygens (including phenoxy) is 1. The first-order chi connectivity index (χ1) is 10.2. The molecule has 1 rings (SSSR count). The van der Waals surface area contributed by atoms with Crippen molar-refractivity contribution in [2.45, 2.75) is 46.3 Å². The molecular formula is C17H22N2O3. The Labute approximate surface area is 131 Å². The molecule has 1 aromatic rings. The lowest BCUT2D eigenvalue weighted by atomic mass is 9.90. The Hall–Kier alpha value is -2.35. The van der Waals surface area contributed by atoms with Crippen LogP contribution >= 0.6 is 0 Å². The first kappa shape index (κ1) is 17.7. The van der Waals surface area contributed by atoms with Crippen molar-refractivity contribution >= 4 is 11.9 Å². The van der Waals surface area contributed by atoms with Gasteiger partial charge >= 0.3 is 5.97 Å². The smallest absolute Gasteiger partial charge is 0.338 e. The van der Waals surface area contributed by atoms with Crippen LogP contribution in [-0.2, 0) is 9.53 Å². The van der Waals surface area contributed by atoms with Crippen LogP contribution in [0.1, 0.15) is 43.6 Å². The summed E-state index contributed by atoms with van der Waals surface area (Å²) < 4.78 is 5.15. The molecule has 0 bridgehead atoms. The number of hydrogen-bond acceptors (Lipinski definition) is 4. The quantitative estimate of drug-likeness (QED) is 0.848. The van der Waals surface area contributed by atoms with Gasteiger partial charge in [-0.25, -0.2) is 4.79 Å². The highest BCUT2D eigenvalue weighted by Crippen LogP contribution is 2.16. The summed E-state index contributed by atoms with van der Waals surface area (Å²) in [5.41, 5.74) is 0.419. The average Bonchev–Trinajstić information content (AvgIpc) is 2.47. The minimum absolute atomic E-state index is 0.0681. The van der Waals surface area contributed by atoms with Crippen LogP contribution in [0.15, 0.2) is 24.3 Å². The second-order valence-electron chi connectivity index (χ2n) is 5.87. The van der Waals surface area contributed by atoms with Crippen molar-refractivity contribution in [1.82, 2.24) is 5.32 Å². The molecule has 1 N–H and O–H groups in total. The molecule has 0 aliphatic heterocycles. The van der Waals surface area contributed by atoms with Crippen LogP contribution in [0.4, 0.5) is 0 Å². The van der Waals surface area contributed by atoms with E-state index >= 15 is 0 Å². The van der Waals surface area contributed by atoms with Crippen LogP contribution < -0.4 is 5.32 Å². The monoisotopic (exact) mass is 302 g/mol. The predicted octanol–water partition coefficient (Wildman–Crippen LogP) is 2.59. The number of carbonyl (C=O) groups excluding carboxylic acids is 2. The number of hydrogen-bond donors (Lipinski definition) is 1. The molecule has 0 saturated carbocycles. The number of benzene rings is 1. The molecule has 0 aromatic heterocycles. The fourth-order valence-electron chi connectivity index (χ4n) is 1.63. The third-order valence-electron chi connectivity index (χ3n) is 3.71. The number of carbonyl (C=O) groups is 2. The van der Waals surface area contributed by atoms with E-state index in [0.29, 0.717) is 5.56 Å². The van der Waals surface area contributed by atoms with Crippen LogP contribution in [0.2, 0.25) is 0 Å². The van der Waals surface area contributed by atoms with Crippen LogP contribution in [0.5, 0.6) is 0 Å². The second kappa shape index (κ2) is 7.08. The van der Waals surface area contributed by atoms with Gasteiger partial charge in [-0.05, 0) is 38.8 Å². The summed E-state index contributed by atoms with van der Waals surface area (Å²) in [6.45, 7) is 8.72. The van der Waals surface area contributed by atoms with E-state index < -0.39 is 23.5 Å². The largest absolute Gasteiger partial charge is 0.449 e. The lowest BCUT2D eigenvalue weighted by Gasteiger charge is -2.28. The zero-order chi connectivity index (χ0) is 16.9. The van der Waals surface area contributed by atoms with Crippen molar-refractivity contribution in [2.24, 2.45) is 5.92 Å². The maximum absolute atomic E-state index is 12.1. The number of esters is 1. The van der Waals surface area contributed by atoms with Gasteiger partial charge in [0.05, 0.1) is 11.6 Å². The van der Waals surface area contributed by atoms with Crippen molar-refractivity contribution in [3.8, 4) is 6.07 Å². The van der Waals surface area contributed by atoms with Crippen molar-refractivity contribution in [2.75, 3.05) is 0 Å². The Balaban J connectivity index is 2.70. The molecule has 0 aliphatic rings. The summed E-state index contributed by atoms with van der Waals surface area (Å²) in [7, 11) is 0. The van der Waals surface area contributed by atoms with Gasteiger partial charge in [0.25, 0.3) is 5.91 Å². The average molecular weight is 302 g/mol. The van der Waals surface area contributed by atoms with E-state index in [2.05, 4.69) is 11.4 Å². The van der Waals surface area contributed by atoms with Gasteiger partial charge < -0.3 is 10.1 Å². The normalized spacial score (nSPS) is 14.6. The van der Waals surface area contributed by atoms with Crippen molar-refractivity contribution in [3.63, 3.8) is 0 Å². The van der Waals surface area contributed by atoms with Crippen molar-refractivity contribution in [3.05, 3.63) is 35.4 Å².